The zero-order chi connectivity index (χ0) is 35.0. The molecule has 52 heavy (non-hydrogen) atoms. The number of hydrogen-bond donors (Lipinski definition) is 0. The van der Waals surface area contributed by atoms with Crippen molar-refractivity contribution in [2.45, 2.75) is 13.8 Å². The van der Waals surface area contributed by atoms with E-state index in [1.807, 2.05) is 49.6 Å². The molecule has 5 aromatic carbocycles. The fourth-order valence-corrected chi connectivity index (χ4v) is 7.73. The first-order chi connectivity index (χ1) is 25.7. The normalized spacial score (nSPS) is 11.3. The van der Waals surface area contributed by atoms with Crippen LogP contribution in [0.3, 0.4) is 0 Å². The molecule has 0 spiro atoms. The Labute approximate surface area is 303 Å². The third-order valence-corrected chi connectivity index (χ3v) is 10.3. The highest BCUT2D eigenvalue weighted by Gasteiger charge is 2.22. The van der Waals surface area contributed by atoms with Crippen molar-refractivity contribution >= 4 is 21.5 Å². The maximum Gasteiger partial charge on any atom is 0.0349 e. The molecule has 0 saturated heterocycles. The minimum atomic E-state index is 1.09. The number of pyridine rings is 4. The van der Waals surface area contributed by atoms with Crippen LogP contribution in [0.4, 0.5) is 0 Å². The van der Waals surface area contributed by atoms with Crippen molar-refractivity contribution in [1.29, 1.82) is 0 Å². The lowest BCUT2D eigenvalue weighted by molar-refractivity contribution is 1.27. The third kappa shape index (κ3) is 5.33. The van der Waals surface area contributed by atoms with Crippen LogP contribution in [0.1, 0.15) is 11.1 Å². The molecule has 0 amide bonds. The molecular formula is C48H34N4. The molecule has 0 saturated carbocycles. The van der Waals surface area contributed by atoms with Gasteiger partial charge in [0.2, 0.25) is 0 Å². The molecule has 246 valence electrons. The van der Waals surface area contributed by atoms with Crippen LogP contribution in [0.25, 0.3) is 88.3 Å². The van der Waals surface area contributed by atoms with E-state index in [1.165, 1.54) is 60.5 Å². The summed E-state index contributed by atoms with van der Waals surface area (Å²) in [6.07, 6.45) is 15.3. The van der Waals surface area contributed by atoms with Crippen LogP contribution in [-0.4, -0.2) is 19.9 Å². The molecule has 0 aliphatic heterocycles. The van der Waals surface area contributed by atoms with Gasteiger partial charge in [-0.2, -0.15) is 0 Å². The zero-order valence-electron chi connectivity index (χ0n) is 29.0. The molecule has 4 heterocycles. The highest BCUT2D eigenvalue weighted by Crippen LogP contribution is 2.48. The van der Waals surface area contributed by atoms with Gasteiger partial charge in [-0.15, -0.1) is 0 Å². The summed E-state index contributed by atoms with van der Waals surface area (Å²) < 4.78 is 0. The predicted octanol–water partition coefficient (Wildman–Crippen LogP) is 12.2. The van der Waals surface area contributed by atoms with Crippen LogP contribution in [0, 0.1) is 13.8 Å². The Kier molecular flexibility index (Phi) is 7.90. The minimum absolute atomic E-state index is 1.09. The molecule has 4 aromatic heterocycles. The SMILES string of the molecule is Cc1c(-c2ccncc2)cncc1-c1c2ccccc2c(-c2cncc(-c3ccncc3)c2C)c2cc(-c3ccccc3-c3ccccc3)ccc12. The molecule has 9 rings (SSSR count). The molecule has 0 aliphatic rings. The molecule has 0 atom stereocenters. The van der Waals surface area contributed by atoms with Gasteiger partial charge in [-0.1, -0.05) is 91.0 Å². The second kappa shape index (κ2) is 13.2. The number of fused-ring (bicyclic) bond motifs is 2. The second-order valence-electron chi connectivity index (χ2n) is 13.2. The van der Waals surface area contributed by atoms with Gasteiger partial charge in [-0.25, -0.2) is 0 Å². The van der Waals surface area contributed by atoms with E-state index in [2.05, 4.69) is 145 Å². The molecule has 0 bridgehead atoms. The third-order valence-electron chi connectivity index (χ3n) is 10.3. The lowest BCUT2D eigenvalue weighted by Gasteiger charge is -2.22. The average Bonchev–Trinajstić information content (AvgIpc) is 3.21. The Hall–Kier alpha value is -6.78. The Morgan fingerprint density at radius 3 is 1.29 bits per heavy atom. The Morgan fingerprint density at radius 1 is 0.308 bits per heavy atom. The highest BCUT2D eigenvalue weighted by molar-refractivity contribution is 6.22. The lowest BCUT2D eigenvalue weighted by atomic mass is 9.82. The first-order valence-corrected chi connectivity index (χ1v) is 17.5. The largest absolute Gasteiger partial charge is 0.265 e. The van der Waals surface area contributed by atoms with Crippen molar-refractivity contribution in [1.82, 2.24) is 19.9 Å². The van der Waals surface area contributed by atoms with Crippen molar-refractivity contribution in [3.8, 4) is 66.8 Å². The monoisotopic (exact) mass is 666 g/mol. The van der Waals surface area contributed by atoms with Crippen LogP contribution in [0.2, 0.25) is 0 Å². The summed E-state index contributed by atoms with van der Waals surface area (Å²) in [4.78, 5) is 18.2. The van der Waals surface area contributed by atoms with E-state index in [0.717, 1.165) is 38.9 Å². The highest BCUT2D eigenvalue weighted by atomic mass is 14.6. The van der Waals surface area contributed by atoms with Gasteiger partial charge in [0.05, 0.1) is 0 Å². The maximum absolute atomic E-state index is 4.85. The van der Waals surface area contributed by atoms with Gasteiger partial charge >= 0.3 is 0 Å². The molecule has 0 unspecified atom stereocenters. The summed E-state index contributed by atoms with van der Waals surface area (Å²) in [7, 11) is 0. The van der Waals surface area contributed by atoms with Crippen molar-refractivity contribution in [3.05, 3.63) is 182 Å². The van der Waals surface area contributed by atoms with Crippen LogP contribution in [-0.2, 0) is 0 Å². The summed E-state index contributed by atoms with van der Waals surface area (Å²) in [5, 5.41) is 4.68. The van der Waals surface area contributed by atoms with Crippen LogP contribution in [0.15, 0.2) is 171 Å². The molecule has 0 radical (unpaired) electrons. The average molecular weight is 667 g/mol. The topological polar surface area (TPSA) is 51.6 Å². The van der Waals surface area contributed by atoms with Gasteiger partial charge in [0.1, 0.15) is 0 Å². The van der Waals surface area contributed by atoms with E-state index in [9.17, 15) is 0 Å². The summed E-state index contributed by atoms with van der Waals surface area (Å²) in [5.41, 5.74) is 16.0. The fourth-order valence-electron chi connectivity index (χ4n) is 7.73. The van der Waals surface area contributed by atoms with Crippen molar-refractivity contribution in [2.75, 3.05) is 0 Å². The minimum Gasteiger partial charge on any atom is -0.265 e. The Bertz CT molecular complexity index is 2740. The van der Waals surface area contributed by atoms with E-state index in [1.54, 1.807) is 0 Å². The van der Waals surface area contributed by atoms with Crippen molar-refractivity contribution in [3.63, 3.8) is 0 Å². The Morgan fingerprint density at radius 2 is 0.731 bits per heavy atom. The van der Waals surface area contributed by atoms with Crippen LogP contribution in [0.5, 0.6) is 0 Å². The van der Waals surface area contributed by atoms with E-state index >= 15 is 0 Å². The number of nitrogens with zero attached hydrogens (tertiary/aromatic N) is 4. The van der Waals surface area contributed by atoms with Gasteiger partial charge in [0.25, 0.3) is 0 Å². The van der Waals surface area contributed by atoms with Gasteiger partial charge in [-0.05, 0) is 121 Å². The van der Waals surface area contributed by atoms with E-state index < -0.39 is 0 Å². The van der Waals surface area contributed by atoms with Gasteiger partial charge in [0.15, 0.2) is 0 Å². The van der Waals surface area contributed by atoms with Crippen LogP contribution < -0.4 is 0 Å². The van der Waals surface area contributed by atoms with E-state index in [4.69, 9.17) is 9.97 Å². The number of benzene rings is 5. The molecule has 4 nitrogen and oxygen atoms in total. The second-order valence-corrected chi connectivity index (χ2v) is 13.2. The molecule has 0 fully saturated rings. The zero-order valence-corrected chi connectivity index (χ0v) is 29.0. The predicted molar refractivity (Wildman–Crippen MR) is 215 cm³/mol. The summed E-state index contributed by atoms with van der Waals surface area (Å²) in [5.74, 6) is 0. The quantitative estimate of drug-likeness (QED) is 0.166. The van der Waals surface area contributed by atoms with Gasteiger partial charge < -0.3 is 0 Å². The molecule has 0 aliphatic carbocycles. The fraction of sp³-hybridized carbons (Fsp3) is 0.0417. The number of aromatic nitrogens is 4. The molecule has 4 heteroatoms. The standard InChI is InChI=1S/C48H34N4/c1-31-43(34-18-22-49-23-19-34)27-51-29-45(31)47-39-14-8-9-15-40(39)48(46-30-52-28-44(32(46)2)35-20-24-50-25-21-35)42-26-36(16-17-41(42)47)38-13-7-6-12-37(38)33-10-4-3-5-11-33/h3-30H,1-2H3. The summed E-state index contributed by atoms with van der Waals surface area (Å²) in [6, 6.07) is 43.3. The van der Waals surface area contributed by atoms with Gasteiger partial charge in [-0.3, -0.25) is 19.9 Å². The van der Waals surface area contributed by atoms with Gasteiger partial charge in [0, 0.05) is 71.8 Å². The lowest BCUT2D eigenvalue weighted by Crippen LogP contribution is -1.97. The molecular weight excluding hydrogens is 633 g/mol. The first-order valence-electron chi connectivity index (χ1n) is 17.5. The first kappa shape index (κ1) is 31.2. The van der Waals surface area contributed by atoms with Crippen molar-refractivity contribution < 1.29 is 0 Å². The molecule has 0 N–H and O–H groups in total. The maximum atomic E-state index is 4.85. The Balaban J connectivity index is 1.39. The van der Waals surface area contributed by atoms with Crippen LogP contribution >= 0.6 is 0 Å². The summed E-state index contributed by atoms with van der Waals surface area (Å²) in [6.45, 7) is 4.42. The smallest absolute Gasteiger partial charge is 0.0349 e. The molecule has 9 aromatic rings. The number of hydrogen-bond acceptors (Lipinski definition) is 4. The number of rotatable bonds is 6. The van der Waals surface area contributed by atoms with Crippen molar-refractivity contribution in [2.24, 2.45) is 0 Å². The van der Waals surface area contributed by atoms with E-state index in [-0.39, 0.29) is 0 Å². The van der Waals surface area contributed by atoms with E-state index in [0.29, 0.717) is 0 Å². The summed E-state index contributed by atoms with van der Waals surface area (Å²) >= 11 is 0.